The molecule has 1 N–H and O–H groups in total. The second-order valence-corrected chi connectivity index (χ2v) is 5.14. The summed E-state index contributed by atoms with van der Waals surface area (Å²) >= 11 is 5.81. The van der Waals surface area contributed by atoms with Gasteiger partial charge in [0, 0.05) is 24.7 Å². The van der Waals surface area contributed by atoms with Gasteiger partial charge in [-0.2, -0.15) is 0 Å². The summed E-state index contributed by atoms with van der Waals surface area (Å²) in [5, 5.41) is 10.6. The Morgan fingerprint density at radius 3 is 2.63 bits per heavy atom. The predicted molar refractivity (Wildman–Crippen MR) is 74.4 cm³/mol. The van der Waals surface area contributed by atoms with Crippen molar-refractivity contribution >= 4 is 11.6 Å². The van der Waals surface area contributed by atoms with E-state index in [1.165, 1.54) is 0 Å². The van der Waals surface area contributed by atoms with Crippen LogP contribution in [0.25, 0.3) is 0 Å². The third-order valence-corrected chi connectivity index (χ3v) is 3.32. The molecule has 0 saturated carbocycles. The van der Waals surface area contributed by atoms with E-state index < -0.39 is 6.10 Å². The van der Waals surface area contributed by atoms with Crippen molar-refractivity contribution in [1.82, 2.24) is 4.90 Å². The monoisotopic (exact) mass is 285 g/mol. The fraction of sp³-hybridized carbons (Fsp3) is 0.571. The first-order valence-corrected chi connectivity index (χ1v) is 6.92. The summed E-state index contributed by atoms with van der Waals surface area (Å²) in [4.78, 5) is 2.19. The fourth-order valence-corrected chi connectivity index (χ4v) is 2.15. The van der Waals surface area contributed by atoms with Crippen molar-refractivity contribution in [2.75, 3.05) is 39.5 Å². The summed E-state index contributed by atoms with van der Waals surface area (Å²) in [6, 6.07) is 7.53. The number of rotatable bonds is 6. The van der Waals surface area contributed by atoms with Crippen molar-refractivity contribution in [2.45, 2.75) is 12.7 Å². The molecule has 106 valence electrons. The average Bonchev–Trinajstić information content (AvgIpc) is 2.42. The minimum Gasteiger partial charge on any atom is -0.389 e. The van der Waals surface area contributed by atoms with Gasteiger partial charge in [-0.15, -0.1) is 0 Å². The van der Waals surface area contributed by atoms with E-state index in [-0.39, 0.29) is 0 Å². The van der Waals surface area contributed by atoms with Gasteiger partial charge in [0.25, 0.3) is 0 Å². The molecule has 5 heteroatoms. The molecule has 0 aromatic heterocycles. The average molecular weight is 286 g/mol. The van der Waals surface area contributed by atoms with E-state index >= 15 is 0 Å². The van der Waals surface area contributed by atoms with Gasteiger partial charge in [0.05, 0.1) is 32.5 Å². The number of aliphatic hydroxyl groups is 1. The Labute approximate surface area is 118 Å². The van der Waals surface area contributed by atoms with Gasteiger partial charge in [0.15, 0.2) is 0 Å². The van der Waals surface area contributed by atoms with Crippen LogP contribution in [0.3, 0.4) is 0 Å². The lowest BCUT2D eigenvalue weighted by Gasteiger charge is -2.28. The van der Waals surface area contributed by atoms with Crippen LogP contribution in [0.15, 0.2) is 24.3 Å². The molecule has 1 saturated heterocycles. The lowest BCUT2D eigenvalue weighted by molar-refractivity contribution is -0.0175. The molecule has 0 spiro atoms. The largest absolute Gasteiger partial charge is 0.389 e. The highest BCUT2D eigenvalue weighted by atomic mass is 35.5. The number of benzene rings is 1. The highest BCUT2D eigenvalue weighted by Crippen LogP contribution is 2.10. The molecule has 1 aliphatic heterocycles. The number of aliphatic hydroxyl groups excluding tert-OH is 1. The Morgan fingerprint density at radius 1 is 1.26 bits per heavy atom. The number of hydrogen-bond acceptors (Lipinski definition) is 4. The van der Waals surface area contributed by atoms with Gasteiger partial charge in [-0.25, -0.2) is 0 Å². The highest BCUT2D eigenvalue weighted by Gasteiger charge is 2.14. The van der Waals surface area contributed by atoms with Crippen LogP contribution in [-0.2, 0) is 16.1 Å². The molecule has 1 aliphatic rings. The minimum absolute atomic E-state index is 0.347. The zero-order valence-electron chi connectivity index (χ0n) is 10.9. The van der Waals surface area contributed by atoms with Crippen molar-refractivity contribution in [3.8, 4) is 0 Å². The van der Waals surface area contributed by atoms with Gasteiger partial charge < -0.3 is 14.6 Å². The molecule has 0 unspecified atom stereocenters. The van der Waals surface area contributed by atoms with Gasteiger partial charge >= 0.3 is 0 Å². The molecule has 1 aromatic carbocycles. The summed E-state index contributed by atoms with van der Waals surface area (Å²) in [5.41, 5.74) is 1.06. The van der Waals surface area contributed by atoms with Gasteiger partial charge in [-0.1, -0.05) is 23.7 Å². The van der Waals surface area contributed by atoms with Crippen molar-refractivity contribution < 1.29 is 14.6 Å². The van der Waals surface area contributed by atoms with Crippen molar-refractivity contribution in [2.24, 2.45) is 0 Å². The first-order chi connectivity index (χ1) is 9.24. The predicted octanol–water partition coefficient (Wildman–Crippen LogP) is 1.55. The molecule has 0 amide bonds. The molecule has 0 aliphatic carbocycles. The third-order valence-electron chi connectivity index (χ3n) is 3.06. The fourth-order valence-electron chi connectivity index (χ4n) is 2.03. The summed E-state index contributed by atoms with van der Waals surface area (Å²) in [5.74, 6) is 0. The molecule has 0 radical (unpaired) electrons. The van der Waals surface area contributed by atoms with E-state index in [1.807, 2.05) is 24.3 Å². The number of morpholine rings is 1. The maximum atomic E-state index is 9.89. The number of hydrogen-bond donors (Lipinski definition) is 1. The number of halogens is 1. The topological polar surface area (TPSA) is 41.9 Å². The van der Waals surface area contributed by atoms with Crippen molar-refractivity contribution in [3.05, 3.63) is 34.9 Å². The molecular weight excluding hydrogens is 266 g/mol. The van der Waals surface area contributed by atoms with Crippen LogP contribution in [0.2, 0.25) is 5.02 Å². The SMILES string of the molecule is O[C@H](COCc1ccc(Cl)cc1)CN1CCOCC1. The van der Waals surface area contributed by atoms with Crippen LogP contribution in [-0.4, -0.2) is 55.6 Å². The van der Waals surface area contributed by atoms with E-state index in [0.717, 1.165) is 36.9 Å². The van der Waals surface area contributed by atoms with E-state index in [4.69, 9.17) is 21.1 Å². The van der Waals surface area contributed by atoms with Crippen molar-refractivity contribution in [1.29, 1.82) is 0 Å². The second-order valence-electron chi connectivity index (χ2n) is 4.71. The standard InChI is InChI=1S/C14H20ClNO3/c15-13-3-1-12(2-4-13)10-19-11-14(17)9-16-5-7-18-8-6-16/h1-4,14,17H,5-11H2/t14-/m0/s1. The second kappa shape index (κ2) is 7.82. The first kappa shape index (κ1) is 14.8. The molecule has 1 heterocycles. The van der Waals surface area contributed by atoms with E-state index in [9.17, 15) is 5.11 Å². The third kappa shape index (κ3) is 5.47. The maximum absolute atomic E-state index is 9.89. The molecule has 1 aromatic rings. The summed E-state index contributed by atoms with van der Waals surface area (Å²) in [6.45, 7) is 4.75. The summed E-state index contributed by atoms with van der Waals surface area (Å²) in [6.07, 6.45) is -0.453. The zero-order valence-corrected chi connectivity index (χ0v) is 11.7. The number of β-amino-alcohol motifs (C(OH)–C–C–N with tert-alkyl or cyclic N) is 1. The van der Waals surface area contributed by atoms with Gasteiger partial charge in [0.2, 0.25) is 0 Å². The minimum atomic E-state index is -0.453. The normalized spacial score (nSPS) is 18.4. The Balaban J connectivity index is 1.63. The Kier molecular flexibility index (Phi) is 6.07. The maximum Gasteiger partial charge on any atom is 0.0900 e. The first-order valence-electron chi connectivity index (χ1n) is 6.54. The van der Waals surface area contributed by atoms with Crippen LogP contribution >= 0.6 is 11.6 Å². The number of nitrogens with zero attached hydrogens (tertiary/aromatic N) is 1. The summed E-state index contributed by atoms with van der Waals surface area (Å²) < 4.78 is 10.8. The molecule has 2 rings (SSSR count). The lowest BCUT2D eigenvalue weighted by atomic mass is 10.2. The van der Waals surface area contributed by atoms with Gasteiger partial charge in [0.1, 0.15) is 0 Å². The molecular formula is C14H20ClNO3. The Morgan fingerprint density at radius 2 is 1.95 bits per heavy atom. The van der Waals surface area contributed by atoms with Crippen LogP contribution in [0.4, 0.5) is 0 Å². The quantitative estimate of drug-likeness (QED) is 0.861. The molecule has 19 heavy (non-hydrogen) atoms. The lowest BCUT2D eigenvalue weighted by Crippen LogP contribution is -2.42. The van der Waals surface area contributed by atoms with Gasteiger partial charge in [-0.05, 0) is 17.7 Å². The molecule has 0 bridgehead atoms. The Hall–Kier alpha value is -0.650. The van der Waals surface area contributed by atoms with Crippen LogP contribution in [0.5, 0.6) is 0 Å². The van der Waals surface area contributed by atoms with Crippen molar-refractivity contribution in [3.63, 3.8) is 0 Å². The van der Waals surface area contributed by atoms with E-state index in [1.54, 1.807) is 0 Å². The molecule has 1 atom stereocenters. The smallest absolute Gasteiger partial charge is 0.0900 e. The van der Waals surface area contributed by atoms with Crippen LogP contribution in [0.1, 0.15) is 5.56 Å². The van der Waals surface area contributed by atoms with E-state index in [0.29, 0.717) is 19.8 Å². The van der Waals surface area contributed by atoms with Gasteiger partial charge in [-0.3, -0.25) is 4.90 Å². The van der Waals surface area contributed by atoms with Crippen LogP contribution < -0.4 is 0 Å². The Bertz CT molecular complexity index is 365. The highest BCUT2D eigenvalue weighted by molar-refractivity contribution is 6.30. The van der Waals surface area contributed by atoms with Crippen LogP contribution in [0, 0.1) is 0 Å². The zero-order chi connectivity index (χ0) is 13.5. The number of ether oxygens (including phenoxy) is 2. The summed E-state index contributed by atoms with van der Waals surface area (Å²) in [7, 11) is 0. The molecule has 4 nitrogen and oxygen atoms in total. The van der Waals surface area contributed by atoms with E-state index in [2.05, 4.69) is 4.90 Å². The molecule has 1 fully saturated rings.